The van der Waals surface area contributed by atoms with Crippen LogP contribution in [-0.4, -0.2) is 19.3 Å². The second kappa shape index (κ2) is 17.4. The third-order valence-electron chi connectivity index (χ3n) is 9.40. The normalized spacial score (nSPS) is 13.6. The van der Waals surface area contributed by atoms with Crippen molar-refractivity contribution >= 4 is 6.16 Å². The van der Waals surface area contributed by atoms with Crippen LogP contribution in [0.15, 0.2) is 66.7 Å². The molecule has 0 saturated carbocycles. The van der Waals surface area contributed by atoms with Crippen LogP contribution in [-0.2, 0) is 29.8 Å². The Morgan fingerprint density at radius 2 is 1.18 bits per heavy atom. The molecule has 0 fully saturated rings. The quantitative estimate of drug-likeness (QED) is 0.0877. The van der Waals surface area contributed by atoms with Gasteiger partial charge in [0.25, 0.3) is 0 Å². The molecule has 0 saturated heterocycles. The van der Waals surface area contributed by atoms with Crippen molar-refractivity contribution in [2.24, 2.45) is 0 Å². The first-order chi connectivity index (χ1) is 26.3. The van der Waals surface area contributed by atoms with E-state index >= 15 is 0 Å². The Balaban J connectivity index is 1.85. The number of rotatable bonds is 12. The highest BCUT2D eigenvalue weighted by atomic mass is 19.4. The lowest BCUT2D eigenvalue weighted by atomic mass is 9.92. The number of hydrogen-bond donors (Lipinski definition) is 1. The fourth-order valence-electron chi connectivity index (χ4n) is 6.36. The van der Waals surface area contributed by atoms with E-state index in [1.807, 2.05) is 27.7 Å². The molecule has 0 aliphatic heterocycles. The predicted molar refractivity (Wildman–Crippen MR) is 195 cm³/mol. The van der Waals surface area contributed by atoms with Gasteiger partial charge in [-0.2, -0.15) is 39.5 Å². The van der Waals surface area contributed by atoms with Gasteiger partial charge < -0.3 is 19.5 Å². The molecule has 4 aromatic rings. The van der Waals surface area contributed by atoms with Crippen molar-refractivity contribution in [3.05, 3.63) is 117 Å². The van der Waals surface area contributed by atoms with Crippen LogP contribution in [0, 0.1) is 5.82 Å². The summed E-state index contributed by atoms with van der Waals surface area (Å²) in [5.41, 5.74) is -3.45. The summed E-state index contributed by atoms with van der Waals surface area (Å²) in [4.78, 5) is 13.6. The number of carbonyl (C=O) groups is 1. The molecule has 4 rings (SSSR count). The van der Waals surface area contributed by atoms with Gasteiger partial charge in [0.1, 0.15) is 23.4 Å². The van der Waals surface area contributed by atoms with Crippen LogP contribution in [0.1, 0.15) is 117 Å². The first-order valence-corrected chi connectivity index (χ1v) is 17.9. The minimum atomic E-state index is -5.25. The zero-order valence-corrected chi connectivity index (χ0v) is 32.4. The SMILES string of the molecule is COc1cc(F)c(C(C)C)cc1-c1ccc(C(F)(F)F)cc1CN[C@@H](C)[C@H](OC(=O)Oc1c(C(C)C)cccc1C(C)C)c1cc(C(F)(F)F)cc(C(F)(F)F)c1. The van der Waals surface area contributed by atoms with Crippen LogP contribution in [0.25, 0.3) is 11.1 Å². The van der Waals surface area contributed by atoms with Crippen molar-refractivity contribution in [2.75, 3.05) is 7.11 Å². The molecule has 1 N–H and O–H groups in total. The zero-order valence-electron chi connectivity index (χ0n) is 32.4. The summed E-state index contributed by atoms with van der Waals surface area (Å²) in [6.07, 6.45) is -18.7. The van der Waals surface area contributed by atoms with Gasteiger partial charge in [-0.05, 0) is 94.5 Å². The van der Waals surface area contributed by atoms with Crippen LogP contribution in [0.4, 0.5) is 48.7 Å². The number of alkyl halides is 9. The lowest BCUT2D eigenvalue weighted by Gasteiger charge is -2.28. The first-order valence-electron chi connectivity index (χ1n) is 17.9. The number of benzene rings is 4. The molecule has 0 amide bonds. The van der Waals surface area contributed by atoms with Gasteiger partial charge in [0.2, 0.25) is 0 Å². The Morgan fingerprint density at radius 3 is 1.65 bits per heavy atom. The van der Waals surface area contributed by atoms with Crippen molar-refractivity contribution in [1.82, 2.24) is 5.32 Å². The average Bonchev–Trinajstić information content (AvgIpc) is 3.11. The van der Waals surface area contributed by atoms with Gasteiger partial charge in [-0.15, -0.1) is 0 Å². The number of halogens is 10. The summed E-state index contributed by atoms with van der Waals surface area (Å²) in [7, 11) is 1.24. The largest absolute Gasteiger partial charge is 0.514 e. The minimum absolute atomic E-state index is 0.0130. The molecule has 0 spiro atoms. The smallest absolute Gasteiger partial charge is 0.496 e. The first kappa shape index (κ1) is 44.9. The number of hydrogen-bond acceptors (Lipinski definition) is 5. The summed E-state index contributed by atoms with van der Waals surface area (Å²) in [6, 6.07) is 9.76. The molecule has 4 aromatic carbocycles. The van der Waals surface area contributed by atoms with E-state index in [9.17, 15) is 48.7 Å². The number of para-hydroxylation sites is 1. The lowest BCUT2D eigenvalue weighted by Crippen LogP contribution is -2.35. The number of nitrogens with one attached hydrogen (secondary N) is 1. The van der Waals surface area contributed by atoms with E-state index in [-0.39, 0.29) is 57.6 Å². The summed E-state index contributed by atoms with van der Waals surface area (Å²) in [6.45, 7) is 11.5. The topological polar surface area (TPSA) is 56.8 Å². The number of methoxy groups -OCH3 is 1. The fraction of sp³-hybridized carbons (Fsp3) is 0.405. The van der Waals surface area contributed by atoms with Crippen molar-refractivity contribution in [2.45, 2.75) is 103 Å². The van der Waals surface area contributed by atoms with E-state index in [0.29, 0.717) is 23.3 Å². The monoisotopic (exact) mass is 815 g/mol. The van der Waals surface area contributed by atoms with Crippen molar-refractivity contribution < 1.29 is 62.9 Å². The second-order valence-corrected chi connectivity index (χ2v) is 14.6. The van der Waals surface area contributed by atoms with Gasteiger partial charge in [0.05, 0.1) is 23.8 Å². The Morgan fingerprint density at radius 1 is 0.649 bits per heavy atom. The summed E-state index contributed by atoms with van der Waals surface area (Å²) in [5.74, 6) is -1.23. The Hall–Kier alpha value is -4.79. The van der Waals surface area contributed by atoms with Crippen LogP contribution >= 0.6 is 0 Å². The van der Waals surface area contributed by atoms with Gasteiger partial charge in [-0.25, -0.2) is 9.18 Å². The van der Waals surface area contributed by atoms with E-state index in [1.54, 1.807) is 32.0 Å². The van der Waals surface area contributed by atoms with Gasteiger partial charge in [0.15, 0.2) is 0 Å². The molecule has 57 heavy (non-hydrogen) atoms. The minimum Gasteiger partial charge on any atom is -0.496 e. The number of ether oxygens (including phenoxy) is 3. The summed E-state index contributed by atoms with van der Waals surface area (Å²) >= 11 is 0. The van der Waals surface area contributed by atoms with Gasteiger partial charge in [-0.3, -0.25) is 0 Å². The molecule has 0 bridgehead atoms. The third kappa shape index (κ3) is 10.8. The van der Waals surface area contributed by atoms with E-state index in [0.717, 1.165) is 24.3 Å². The molecule has 310 valence electrons. The Labute approximate surface area is 324 Å². The predicted octanol–water partition coefficient (Wildman–Crippen LogP) is 13.4. The molecule has 0 aromatic heterocycles. The number of carbonyl (C=O) groups excluding carboxylic acids is 1. The van der Waals surface area contributed by atoms with E-state index in [4.69, 9.17) is 14.2 Å². The van der Waals surface area contributed by atoms with Crippen LogP contribution in [0.2, 0.25) is 0 Å². The molecule has 0 radical (unpaired) electrons. The maximum Gasteiger partial charge on any atom is 0.514 e. The fourth-order valence-corrected chi connectivity index (χ4v) is 6.36. The molecular formula is C42H43F10NO4. The molecule has 5 nitrogen and oxygen atoms in total. The standard InChI is InChI=1S/C42H43F10NO4/c1-21(2)30-10-9-11-31(22(3)4)38(30)57-39(54)56-37(25-14-28(41(47,48)49)17-29(15-25)42(50,51)52)24(7)53-20-26-16-27(40(44,45)46)12-13-32(26)34-18-33(23(5)6)35(43)19-36(34)55-8/h9-19,21-24,37,53H,20H2,1-8H3/t24-,37-/m0/s1. The van der Waals surface area contributed by atoms with Gasteiger partial charge in [-0.1, -0.05) is 65.8 Å². The third-order valence-corrected chi connectivity index (χ3v) is 9.40. The van der Waals surface area contributed by atoms with E-state index in [1.165, 1.54) is 20.1 Å². The summed E-state index contributed by atoms with van der Waals surface area (Å²) < 4.78 is 158. The maximum atomic E-state index is 14.9. The maximum absolute atomic E-state index is 14.9. The molecular weight excluding hydrogens is 772 g/mol. The van der Waals surface area contributed by atoms with Gasteiger partial charge in [0, 0.05) is 24.2 Å². The Bertz CT molecular complexity index is 1990. The van der Waals surface area contributed by atoms with Crippen molar-refractivity contribution in [1.29, 1.82) is 0 Å². The molecule has 0 unspecified atom stereocenters. The van der Waals surface area contributed by atoms with Crippen LogP contribution < -0.4 is 14.8 Å². The highest BCUT2D eigenvalue weighted by Crippen LogP contribution is 2.42. The Kier molecular flexibility index (Phi) is 13.7. The van der Waals surface area contributed by atoms with Crippen molar-refractivity contribution in [3.8, 4) is 22.6 Å². The molecule has 2 atom stereocenters. The molecule has 0 heterocycles. The lowest BCUT2D eigenvalue weighted by molar-refractivity contribution is -0.143. The highest BCUT2D eigenvalue weighted by Gasteiger charge is 2.39. The molecule has 0 aliphatic carbocycles. The molecule has 15 heteroatoms. The van der Waals surface area contributed by atoms with Crippen molar-refractivity contribution in [3.63, 3.8) is 0 Å². The van der Waals surface area contributed by atoms with Crippen LogP contribution in [0.3, 0.4) is 0 Å². The zero-order chi connectivity index (χ0) is 42.8. The molecule has 0 aliphatic rings. The second-order valence-electron chi connectivity index (χ2n) is 14.6. The van der Waals surface area contributed by atoms with Gasteiger partial charge >= 0.3 is 24.7 Å². The highest BCUT2D eigenvalue weighted by molar-refractivity contribution is 5.75. The van der Waals surface area contributed by atoms with E-state index in [2.05, 4.69) is 5.32 Å². The van der Waals surface area contributed by atoms with Crippen LogP contribution in [0.5, 0.6) is 11.5 Å². The summed E-state index contributed by atoms with van der Waals surface area (Å²) in [5, 5.41) is 2.84. The average molecular weight is 816 g/mol. The van der Waals surface area contributed by atoms with E-state index < -0.39 is 71.4 Å².